The van der Waals surface area contributed by atoms with Crippen LogP contribution in [0.15, 0.2) is 41.8 Å². The van der Waals surface area contributed by atoms with Gasteiger partial charge >= 0.3 is 0 Å². The van der Waals surface area contributed by atoms with Gasteiger partial charge in [-0.25, -0.2) is 0 Å². The lowest BCUT2D eigenvalue weighted by molar-refractivity contribution is 0.0981. The summed E-state index contributed by atoms with van der Waals surface area (Å²) >= 11 is 8.05. The number of thiocarbonyl (C=S) groups is 1. The maximum atomic E-state index is 12.0. The van der Waals surface area contributed by atoms with Gasteiger partial charge < -0.3 is 5.32 Å². The van der Waals surface area contributed by atoms with Crippen LogP contribution in [0.5, 0.6) is 0 Å². The molecule has 4 rings (SSSR count). The highest BCUT2D eigenvalue weighted by Crippen LogP contribution is 2.27. The number of carbonyl (C=O) groups is 1. The Morgan fingerprint density at radius 1 is 1.23 bits per heavy atom. The number of rotatable bonds is 3. The minimum Gasteiger partial charge on any atom is -0.332 e. The van der Waals surface area contributed by atoms with E-state index in [9.17, 15) is 4.79 Å². The number of nitrogens with zero attached hydrogens (tertiary/aromatic N) is 4. The quantitative estimate of drug-likeness (QED) is 0.513. The molecule has 3 aromatic heterocycles. The number of hydrogen-bond donors (Lipinski definition) is 2. The first-order chi connectivity index (χ1) is 12.6. The molecule has 1 aromatic carbocycles. The van der Waals surface area contributed by atoms with Gasteiger partial charge in [0.25, 0.3) is 5.91 Å². The van der Waals surface area contributed by atoms with E-state index >= 15 is 0 Å². The number of benzene rings is 1. The zero-order chi connectivity index (χ0) is 18.1. The van der Waals surface area contributed by atoms with Crippen molar-refractivity contribution in [2.75, 3.05) is 5.32 Å². The molecule has 7 nitrogen and oxygen atoms in total. The lowest BCUT2D eigenvalue weighted by Gasteiger charge is -2.09. The summed E-state index contributed by atoms with van der Waals surface area (Å²) in [6, 6.07) is 11.2. The summed E-state index contributed by atoms with van der Waals surface area (Å²) in [5, 5.41) is 21.2. The van der Waals surface area contributed by atoms with Gasteiger partial charge in [0, 0.05) is 11.3 Å². The Balaban J connectivity index is 1.50. The molecule has 0 unspecified atom stereocenters. The Hall–Kier alpha value is -2.69. The van der Waals surface area contributed by atoms with Gasteiger partial charge in [0.1, 0.15) is 5.01 Å². The van der Waals surface area contributed by atoms with Gasteiger partial charge in [-0.15, -0.1) is 21.5 Å². The second-order valence-corrected chi connectivity index (χ2v) is 7.63. The Morgan fingerprint density at radius 2 is 2.12 bits per heavy atom. The maximum Gasteiger partial charge on any atom is 0.267 e. The van der Waals surface area contributed by atoms with Crippen molar-refractivity contribution in [3.8, 4) is 10.6 Å². The number of fused-ring (bicyclic) bond motifs is 1. The first kappa shape index (κ1) is 16.8. The zero-order valence-electron chi connectivity index (χ0n) is 13.5. The maximum absolute atomic E-state index is 12.0. The van der Waals surface area contributed by atoms with Crippen LogP contribution in [-0.4, -0.2) is 30.8 Å². The molecule has 26 heavy (non-hydrogen) atoms. The van der Waals surface area contributed by atoms with Crippen molar-refractivity contribution in [2.24, 2.45) is 0 Å². The normalized spacial score (nSPS) is 10.8. The van der Waals surface area contributed by atoms with E-state index in [4.69, 9.17) is 12.2 Å². The van der Waals surface area contributed by atoms with E-state index in [0.29, 0.717) is 4.88 Å². The van der Waals surface area contributed by atoms with Gasteiger partial charge in [0.2, 0.25) is 4.96 Å². The zero-order valence-corrected chi connectivity index (χ0v) is 15.9. The molecular weight excluding hydrogens is 388 g/mol. The number of nitrogens with one attached hydrogen (secondary N) is 2. The van der Waals surface area contributed by atoms with Gasteiger partial charge in [-0.2, -0.15) is 9.61 Å². The molecule has 130 valence electrons. The minimum atomic E-state index is -0.224. The smallest absolute Gasteiger partial charge is 0.267 e. The van der Waals surface area contributed by atoms with Gasteiger partial charge in [0.05, 0.1) is 4.88 Å². The Labute approximate surface area is 161 Å². The van der Waals surface area contributed by atoms with Crippen molar-refractivity contribution in [3.63, 3.8) is 0 Å². The van der Waals surface area contributed by atoms with Crippen LogP contribution in [0, 0.1) is 6.92 Å². The molecule has 0 spiro atoms. The fourth-order valence-electron chi connectivity index (χ4n) is 2.30. The standard InChI is InChI=1S/C16H12N6OS3/c1-9-19-20-16-22(9)21-14(26-16)10-4-2-5-11(8-10)17-15(24)18-13(23)12-6-3-7-25-12/h2-8H,1H3,(H2,17,18,23,24). The van der Waals surface area contributed by atoms with Crippen molar-refractivity contribution >= 4 is 56.6 Å². The van der Waals surface area contributed by atoms with Crippen LogP contribution in [0.3, 0.4) is 0 Å². The summed E-state index contributed by atoms with van der Waals surface area (Å²) in [4.78, 5) is 13.4. The molecule has 0 fully saturated rings. The highest BCUT2D eigenvalue weighted by atomic mass is 32.1. The third-order valence-corrected chi connectivity index (χ3v) is 5.51. The average Bonchev–Trinajstić information content (AvgIpc) is 3.34. The molecule has 0 aliphatic rings. The number of amides is 1. The van der Waals surface area contributed by atoms with Crippen LogP contribution in [-0.2, 0) is 0 Å². The first-order valence-electron chi connectivity index (χ1n) is 7.55. The van der Waals surface area contributed by atoms with Crippen molar-refractivity contribution in [2.45, 2.75) is 6.92 Å². The number of aryl methyl sites for hydroxylation is 1. The van der Waals surface area contributed by atoms with E-state index in [1.54, 1.807) is 10.6 Å². The first-order valence-corrected chi connectivity index (χ1v) is 9.66. The highest BCUT2D eigenvalue weighted by molar-refractivity contribution is 7.80. The number of anilines is 1. The van der Waals surface area contributed by atoms with E-state index in [1.807, 2.05) is 42.6 Å². The molecule has 0 saturated carbocycles. The van der Waals surface area contributed by atoms with E-state index in [-0.39, 0.29) is 11.0 Å². The minimum absolute atomic E-state index is 0.224. The molecule has 0 bridgehead atoms. The third kappa shape index (κ3) is 3.34. The Kier molecular flexibility index (Phi) is 4.45. The molecule has 3 heterocycles. The predicted molar refractivity (Wildman–Crippen MR) is 107 cm³/mol. The van der Waals surface area contributed by atoms with Crippen molar-refractivity contribution in [1.82, 2.24) is 25.1 Å². The van der Waals surface area contributed by atoms with Crippen LogP contribution >= 0.6 is 34.9 Å². The Morgan fingerprint density at radius 3 is 2.88 bits per heavy atom. The topological polar surface area (TPSA) is 84.2 Å². The Bertz CT molecular complexity index is 1100. The van der Waals surface area contributed by atoms with E-state index in [2.05, 4.69) is 25.9 Å². The molecule has 1 amide bonds. The molecular formula is C16H12N6OS3. The monoisotopic (exact) mass is 400 g/mol. The summed E-state index contributed by atoms with van der Waals surface area (Å²) < 4.78 is 1.71. The summed E-state index contributed by atoms with van der Waals surface area (Å²) in [7, 11) is 0. The molecule has 0 radical (unpaired) electrons. The SMILES string of the molecule is Cc1nnc2sc(-c3cccc(NC(=S)NC(=O)c4cccs4)c3)nn12. The number of carbonyl (C=O) groups excluding carboxylic acids is 1. The van der Waals surface area contributed by atoms with E-state index < -0.39 is 0 Å². The van der Waals surface area contributed by atoms with Crippen LogP contribution in [0.4, 0.5) is 5.69 Å². The van der Waals surface area contributed by atoms with Crippen LogP contribution in [0.2, 0.25) is 0 Å². The lowest BCUT2D eigenvalue weighted by Crippen LogP contribution is -2.33. The third-order valence-electron chi connectivity index (χ3n) is 3.49. The average molecular weight is 401 g/mol. The molecule has 4 aromatic rings. The van der Waals surface area contributed by atoms with Crippen LogP contribution in [0.1, 0.15) is 15.5 Å². The second-order valence-electron chi connectivity index (χ2n) is 5.32. The van der Waals surface area contributed by atoms with Crippen molar-refractivity contribution in [1.29, 1.82) is 0 Å². The van der Waals surface area contributed by atoms with Crippen molar-refractivity contribution < 1.29 is 4.79 Å². The van der Waals surface area contributed by atoms with Gasteiger partial charge in [-0.05, 0) is 42.7 Å². The fourth-order valence-corrected chi connectivity index (χ4v) is 4.01. The van der Waals surface area contributed by atoms with Gasteiger partial charge in [0.15, 0.2) is 10.9 Å². The largest absolute Gasteiger partial charge is 0.332 e. The van der Waals surface area contributed by atoms with Crippen molar-refractivity contribution in [3.05, 3.63) is 52.5 Å². The molecule has 0 aliphatic heterocycles. The van der Waals surface area contributed by atoms with Crippen LogP contribution in [0.25, 0.3) is 15.5 Å². The molecule has 0 atom stereocenters. The summed E-state index contributed by atoms with van der Waals surface area (Å²) in [6.45, 7) is 1.86. The number of thiophene rings is 1. The summed E-state index contributed by atoms with van der Waals surface area (Å²) in [5.41, 5.74) is 1.69. The molecule has 0 aliphatic carbocycles. The number of hydrogen-bond acceptors (Lipinski definition) is 7. The fraction of sp³-hybridized carbons (Fsp3) is 0.0625. The molecule has 2 N–H and O–H groups in total. The molecule has 0 saturated heterocycles. The van der Waals surface area contributed by atoms with E-state index in [1.165, 1.54) is 22.7 Å². The van der Waals surface area contributed by atoms with Gasteiger partial charge in [-0.3, -0.25) is 10.1 Å². The summed E-state index contributed by atoms with van der Waals surface area (Å²) in [5.74, 6) is 0.520. The second kappa shape index (κ2) is 6.90. The molecule has 10 heteroatoms. The van der Waals surface area contributed by atoms with Crippen LogP contribution < -0.4 is 10.6 Å². The lowest BCUT2D eigenvalue weighted by atomic mass is 10.2. The van der Waals surface area contributed by atoms with Gasteiger partial charge in [-0.1, -0.05) is 29.5 Å². The summed E-state index contributed by atoms with van der Waals surface area (Å²) in [6.07, 6.45) is 0. The predicted octanol–water partition coefficient (Wildman–Crippen LogP) is 3.35. The highest BCUT2D eigenvalue weighted by Gasteiger charge is 2.12. The number of aromatic nitrogens is 4. The van der Waals surface area contributed by atoms with E-state index in [0.717, 1.165) is 27.0 Å².